The number of H-pyrrole nitrogens is 1. The Morgan fingerprint density at radius 1 is 1.26 bits per heavy atom. The van der Waals surface area contributed by atoms with Crippen LogP contribution in [-0.2, 0) is 4.79 Å². The van der Waals surface area contributed by atoms with E-state index in [0.29, 0.717) is 17.0 Å². The average molecular weight is 308 g/mol. The molecule has 0 saturated carbocycles. The standard InChI is InChI=1S/C19H17FN2O/c1-3-5-15(6-4-2)19(23)12-11-17-13-18(22-21-17)14-7-9-16(20)10-8-14/h3-13H,1H2,2H3,(H,21,22)/b6-4-,12-11+,15-5+. The van der Waals surface area contributed by atoms with Crippen LogP contribution in [0.15, 0.2) is 72.9 Å². The quantitative estimate of drug-likeness (QED) is 0.631. The Labute approximate surface area is 134 Å². The number of carbonyl (C=O) groups excluding carboxylic acids is 1. The number of halogens is 1. The van der Waals surface area contributed by atoms with E-state index in [9.17, 15) is 9.18 Å². The zero-order chi connectivity index (χ0) is 16.7. The minimum absolute atomic E-state index is 0.124. The van der Waals surface area contributed by atoms with Crippen LogP contribution in [0.2, 0.25) is 0 Å². The summed E-state index contributed by atoms with van der Waals surface area (Å²) in [5.74, 6) is -0.415. The fourth-order valence-corrected chi connectivity index (χ4v) is 1.98. The summed E-state index contributed by atoms with van der Waals surface area (Å²) in [4.78, 5) is 12.1. The van der Waals surface area contributed by atoms with E-state index in [1.807, 2.05) is 6.92 Å². The molecule has 1 aromatic heterocycles. The number of nitrogens with zero attached hydrogens (tertiary/aromatic N) is 1. The van der Waals surface area contributed by atoms with E-state index < -0.39 is 0 Å². The Bertz CT molecular complexity index is 780. The van der Waals surface area contributed by atoms with Gasteiger partial charge in [0.1, 0.15) is 5.82 Å². The number of ketones is 1. The van der Waals surface area contributed by atoms with Crippen molar-refractivity contribution in [3.8, 4) is 11.3 Å². The van der Waals surface area contributed by atoms with Crippen LogP contribution in [0, 0.1) is 5.82 Å². The molecule has 2 aromatic rings. The summed E-state index contributed by atoms with van der Waals surface area (Å²) in [5, 5.41) is 6.99. The van der Waals surface area contributed by atoms with Gasteiger partial charge in [-0.25, -0.2) is 4.39 Å². The molecule has 0 aliphatic rings. The topological polar surface area (TPSA) is 45.8 Å². The monoisotopic (exact) mass is 308 g/mol. The van der Waals surface area contributed by atoms with E-state index in [0.717, 1.165) is 5.56 Å². The Morgan fingerprint density at radius 2 is 2.00 bits per heavy atom. The van der Waals surface area contributed by atoms with Gasteiger partial charge in [-0.3, -0.25) is 9.89 Å². The van der Waals surface area contributed by atoms with Crippen molar-refractivity contribution in [2.45, 2.75) is 6.92 Å². The number of hydrogen-bond acceptors (Lipinski definition) is 2. The van der Waals surface area contributed by atoms with Crippen LogP contribution < -0.4 is 0 Å². The third-order valence-corrected chi connectivity index (χ3v) is 3.08. The van der Waals surface area contributed by atoms with E-state index in [2.05, 4.69) is 16.8 Å². The smallest absolute Gasteiger partial charge is 0.185 e. The van der Waals surface area contributed by atoms with Crippen LogP contribution in [0.25, 0.3) is 17.3 Å². The number of aromatic amines is 1. The first-order valence-electron chi connectivity index (χ1n) is 7.13. The lowest BCUT2D eigenvalue weighted by atomic mass is 10.1. The molecule has 0 atom stereocenters. The van der Waals surface area contributed by atoms with E-state index in [1.54, 1.807) is 48.6 Å². The average Bonchev–Trinajstić information content (AvgIpc) is 3.02. The maximum Gasteiger partial charge on any atom is 0.185 e. The van der Waals surface area contributed by atoms with E-state index in [-0.39, 0.29) is 11.6 Å². The van der Waals surface area contributed by atoms with Crippen LogP contribution in [0.4, 0.5) is 4.39 Å². The molecule has 1 heterocycles. The SMILES string of the molecule is C=C/C=C(\C=C/C)C(=O)/C=C/c1cc(-c2ccc(F)cc2)n[nH]1. The van der Waals surface area contributed by atoms with Gasteiger partial charge in [0.05, 0.1) is 11.4 Å². The van der Waals surface area contributed by atoms with Crippen molar-refractivity contribution in [3.05, 3.63) is 84.4 Å². The summed E-state index contributed by atoms with van der Waals surface area (Å²) in [6.07, 6.45) is 9.88. The third-order valence-electron chi connectivity index (χ3n) is 3.08. The van der Waals surface area contributed by atoms with Gasteiger partial charge in [0.15, 0.2) is 5.78 Å². The third kappa shape index (κ3) is 4.48. The fourth-order valence-electron chi connectivity index (χ4n) is 1.98. The van der Waals surface area contributed by atoms with Gasteiger partial charge < -0.3 is 0 Å². The fraction of sp³-hybridized carbons (Fsp3) is 0.0526. The highest BCUT2D eigenvalue weighted by molar-refractivity contribution is 6.08. The Balaban J connectivity index is 2.15. The second-order valence-corrected chi connectivity index (χ2v) is 4.77. The van der Waals surface area contributed by atoms with Crippen molar-refractivity contribution in [1.82, 2.24) is 10.2 Å². The molecule has 23 heavy (non-hydrogen) atoms. The maximum absolute atomic E-state index is 12.9. The molecule has 3 nitrogen and oxygen atoms in total. The maximum atomic E-state index is 12.9. The highest BCUT2D eigenvalue weighted by Gasteiger charge is 2.04. The lowest BCUT2D eigenvalue weighted by Crippen LogP contribution is -1.95. The Kier molecular flexibility index (Phi) is 5.58. The van der Waals surface area contributed by atoms with Gasteiger partial charge in [0.2, 0.25) is 0 Å². The molecule has 4 heteroatoms. The van der Waals surface area contributed by atoms with Crippen LogP contribution in [0.3, 0.4) is 0 Å². The second-order valence-electron chi connectivity index (χ2n) is 4.77. The number of nitrogens with one attached hydrogen (secondary N) is 1. The molecular weight excluding hydrogens is 291 g/mol. The predicted octanol–water partition coefficient (Wildman–Crippen LogP) is 4.49. The summed E-state index contributed by atoms with van der Waals surface area (Å²) in [6.45, 7) is 5.44. The number of carbonyl (C=O) groups is 1. The number of benzene rings is 1. The van der Waals surface area contributed by atoms with Gasteiger partial charge >= 0.3 is 0 Å². The molecule has 0 aliphatic heterocycles. The molecule has 0 aliphatic carbocycles. The van der Waals surface area contributed by atoms with E-state index in [4.69, 9.17) is 0 Å². The van der Waals surface area contributed by atoms with E-state index >= 15 is 0 Å². The van der Waals surface area contributed by atoms with Gasteiger partial charge in [-0.05, 0) is 49.4 Å². The van der Waals surface area contributed by atoms with Gasteiger partial charge in [0.25, 0.3) is 0 Å². The van der Waals surface area contributed by atoms with Crippen LogP contribution in [0.5, 0.6) is 0 Å². The van der Waals surface area contributed by atoms with Gasteiger partial charge in [-0.1, -0.05) is 30.9 Å². The molecule has 2 rings (SSSR count). The summed E-state index contributed by atoms with van der Waals surface area (Å²) >= 11 is 0. The first-order chi connectivity index (χ1) is 11.1. The Morgan fingerprint density at radius 3 is 2.65 bits per heavy atom. The van der Waals surface area contributed by atoms with Crippen molar-refractivity contribution in [2.75, 3.05) is 0 Å². The van der Waals surface area contributed by atoms with Crippen molar-refractivity contribution in [1.29, 1.82) is 0 Å². The molecular formula is C19H17FN2O. The van der Waals surface area contributed by atoms with Crippen LogP contribution in [-0.4, -0.2) is 16.0 Å². The molecule has 1 aromatic carbocycles. The molecule has 0 saturated heterocycles. The summed E-state index contributed by atoms with van der Waals surface area (Å²) in [5.41, 5.74) is 2.73. The molecule has 0 amide bonds. The number of allylic oxidation sites excluding steroid dienone is 6. The molecule has 0 bridgehead atoms. The molecule has 1 N–H and O–H groups in total. The zero-order valence-corrected chi connectivity index (χ0v) is 12.8. The normalized spacial score (nSPS) is 12.2. The molecule has 0 radical (unpaired) electrons. The highest BCUT2D eigenvalue weighted by Crippen LogP contribution is 2.18. The second kappa shape index (κ2) is 7.84. The summed E-state index contributed by atoms with van der Waals surface area (Å²) in [6, 6.07) is 7.87. The highest BCUT2D eigenvalue weighted by atomic mass is 19.1. The van der Waals surface area contributed by atoms with E-state index in [1.165, 1.54) is 18.2 Å². The first-order valence-corrected chi connectivity index (χ1v) is 7.13. The number of rotatable bonds is 6. The van der Waals surface area contributed by atoms with Crippen LogP contribution >= 0.6 is 0 Å². The number of hydrogen-bond donors (Lipinski definition) is 1. The lowest BCUT2D eigenvalue weighted by molar-refractivity contribution is -0.111. The number of aromatic nitrogens is 2. The summed E-state index contributed by atoms with van der Waals surface area (Å²) < 4.78 is 12.9. The zero-order valence-electron chi connectivity index (χ0n) is 12.8. The molecule has 116 valence electrons. The first kappa shape index (κ1) is 16.4. The predicted molar refractivity (Wildman–Crippen MR) is 91.1 cm³/mol. The summed E-state index contributed by atoms with van der Waals surface area (Å²) in [7, 11) is 0. The van der Waals surface area contributed by atoms with Crippen molar-refractivity contribution in [3.63, 3.8) is 0 Å². The lowest BCUT2D eigenvalue weighted by Gasteiger charge is -1.94. The molecule has 0 spiro atoms. The van der Waals surface area contributed by atoms with Crippen molar-refractivity contribution >= 4 is 11.9 Å². The minimum atomic E-state index is -0.291. The van der Waals surface area contributed by atoms with Crippen molar-refractivity contribution in [2.24, 2.45) is 0 Å². The van der Waals surface area contributed by atoms with Crippen LogP contribution in [0.1, 0.15) is 12.6 Å². The molecule has 0 unspecified atom stereocenters. The van der Waals surface area contributed by atoms with Crippen molar-refractivity contribution < 1.29 is 9.18 Å². The Hall–Kier alpha value is -3.01. The van der Waals surface area contributed by atoms with Gasteiger partial charge in [-0.15, -0.1) is 0 Å². The molecule has 0 fully saturated rings. The van der Waals surface area contributed by atoms with Gasteiger partial charge in [-0.2, -0.15) is 5.10 Å². The minimum Gasteiger partial charge on any atom is -0.289 e. The van der Waals surface area contributed by atoms with Gasteiger partial charge in [0, 0.05) is 11.1 Å². The largest absolute Gasteiger partial charge is 0.289 e.